The largest absolute Gasteiger partial charge is 0.465 e. The van der Waals surface area contributed by atoms with E-state index >= 15 is 0 Å². The maximum atomic E-state index is 11.8. The number of ether oxygens (including phenoxy) is 1. The Kier molecular flexibility index (Phi) is 5.10. The molecule has 108 valence electrons. The van der Waals surface area contributed by atoms with Crippen LogP contribution in [-0.4, -0.2) is 19.0 Å². The standard InChI is InChI=1S/C17H17NO3/c1-21-17(20)15-9-7-14(8-10-15)12-18-16(19)11-13-5-3-2-4-6-13/h2-10H,11-12H2,1H3,(H,18,19). The molecule has 0 fully saturated rings. The van der Waals surface area contributed by atoms with Crippen LogP contribution in [0.1, 0.15) is 21.5 Å². The molecule has 0 aliphatic rings. The zero-order valence-electron chi connectivity index (χ0n) is 11.8. The van der Waals surface area contributed by atoms with Crippen LogP contribution in [0.4, 0.5) is 0 Å². The monoisotopic (exact) mass is 283 g/mol. The van der Waals surface area contributed by atoms with Gasteiger partial charge in [0.1, 0.15) is 0 Å². The Bertz CT molecular complexity index is 606. The smallest absolute Gasteiger partial charge is 0.337 e. The van der Waals surface area contributed by atoms with Crippen molar-refractivity contribution in [2.24, 2.45) is 0 Å². The van der Waals surface area contributed by atoms with Gasteiger partial charge in [0.2, 0.25) is 5.91 Å². The normalized spacial score (nSPS) is 9.95. The second-order valence-corrected chi connectivity index (χ2v) is 4.63. The number of carbonyl (C=O) groups excluding carboxylic acids is 2. The molecule has 0 spiro atoms. The van der Waals surface area contributed by atoms with Crippen molar-refractivity contribution >= 4 is 11.9 Å². The van der Waals surface area contributed by atoms with E-state index in [4.69, 9.17) is 0 Å². The van der Waals surface area contributed by atoms with Gasteiger partial charge in [0.15, 0.2) is 0 Å². The van der Waals surface area contributed by atoms with Gasteiger partial charge in [-0.1, -0.05) is 42.5 Å². The van der Waals surface area contributed by atoms with Crippen LogP contribution in [0.2, 0.25) is 0 Å². The third-order valence-electron chi connectivity index (χ3n) is 3.07. The van der Waals surface area contributed by atoms with Gasteiger partial charge in [-0.2, -0.15) is 0 Å². The van der Waals surface area contributed by atoms with Crippen LogP contribution in [0.3, 0.4) is 0 Å². The molecule has 21 heavy (non-hydrogen) atoms. The summed E-state index contributed by atoms with van der Waals surface area (Å²) in [6.45, 7) is 0.438. The fraction of sp³-hybridized carbons (Fsp3) is 0.176. The van der Waals surface area contributed by atoms with Crippen molar-refractivity contribution in [1.82, 2.24) is 5.32 Å². The van der Waals surface area contributed by atoms with Crippen molar-refractivity contribution in [3.63, 3.8) is 0 Å². The summed E-state index contributed by atoms with van der Waals surface area (Å²) < 4.78 is 4.63. The molecule has 2 aromatic carbocycles. The van der Waals surface area contributed by atoms with Crippen molar-refractivity contribution in [3.05, 3.63) is 71.3 Å². The zero-order chi connectivity index (χ0) is 15.1. The lowest BCUT2D eigenvalue weighted by Gasteiger charge is -2.06. The Morgan fingerprint density at radius 2 is 1.62 bits per heavy atom. The molecule has 0 aliphatic heterocycles. The molecule has 1 amide bonds. The first-order valence-electron chi connectivity index (χ1n) is 6.67. The minimum Gasteiger partial charge on any atom is -0.465 e. The molecule has 0 bridgehead atoms. The van der Waals surface area contributed by atoms with E-state index in [-0.39, 0.29) is 11.9 Å². The molecule has 2 rings (SSSR count). The number of carbonyl (C=O) groups is 2. The van der Waals surface area contributed by atoms with Gasteiger partial charge in [-0.3, -0.25) is 4.79 Å². The first kappa shape index (κ1) is 14.8. The second kappa shape index (κ2) is 7.24. The number of nitrogens with one attached hydrogen (secondary N) is 1. The summed E-state index contributed by atoms with van der Waals surface area (Å²) in [5.41, 5.74) is 2.41. The Hall–Kier alpha value is -2.62. The van der Waals surface area contributed by atoms with Gasteiger partial charge in [0.25, 0.3) is 0 Å². The summed E-state index contributed by atoms with van der Waals surface area (Å²) in [5, 5.41) is 2.85. The average Bonchev–Trinajstić information content (AvgIpc) is 2.53. The van der Waals surface area contributed by atoms with Gasteiger partial charge in [-0.15, -0.1) is 0 Å². The first-order chi connectivity index (χ1) is 10.2. The van der Waals surface area contributed by atoms with E-state index in [0.717, 1.165) is 11.1 Å². The van der Waals surface area contributed by atoms with Crippen molar-refractivity contribution in [3.8, 4) is 0 Å². The van der Waals surface area contributed by atoms with Gasteiger partial charge in [-0.05, 0) is 23.3 Å². The third kappa shape index (κ3) is 4.45. The van der Waals surface area contributed by atoms with E-state index < -0.39 is 0 Å². The van der Waals surface area contributed by atoms with Crippen LogP contribution in [0.15, 0.2) is 54.6 Å². The molecule has 0 saturated carbocycles. The number of methoxy groups -OCH3 is 1. The Labute approximate surface area is 123 Å². The van der Waals surface area contributed by atoms with Crippen molar-refractivity contribution < 1.29 is 14.3 Å². The van der Waals surface area contributed by atoms with Crippen molar-refractivity contribution in [2.45, 2.75) is 13.0 Å². The molecular weight excluding hydrogens is 266 g/mol. The van der Waals surface area contributed by atoms with Gasteiger partial charge < -0.3 is 10.1 Å². The maximum Gasteiger partial charge on any atom is 0.337 e. The average molecular weight is 283 g/mol. The van der Waals surface area contributed by atoms with E-state index in [0.29, 0.717) is 18.5 Å². The number of benzene rings is 2. The fourth-order valence-electron chi connectivity index (χ4n) is 1.92. The summed E-state index contributed by atoms with van der Waals surface area (Å²) in [7, 11) is 1.35. The van der Waals surface area contributed by atoms with Gasteiger partial charge in [0, 0.05) is 6.54 Å². The SMILES string of the molecule is COC(=O)c1ccc(CNC(=O)Cc2ccccc2)cc1. The highest BCUT2D eigenvalue weighted by atomic mass is 16.5. The summed E-state index contributed by atoms with van der Waals surface area (Å²) >= 11 is 0. The van der Waals surface area contributed by atoms with E-state index in [9.17, 15) is 9.59 Å². The zero-order valence-corrected chi connectivity index (χ0v) is 11.8. The van der Waals surface area contributed by atoms with Crippen LogP contribution in [0.5, 0.6) is 0 Å². The first-order valence-corrected chi connectivity index (χ1v) is 6.67. The molecule has 2 aromatic rings. The Morgan fingerprint density at radius 3 is 2.24 bits per heavy atom. The Morgan fingerprint density at radius 1 is 0.952 bits per heavy atom. The van der Waals surface area contributed by atoms with Crippen LogP contribution in [0, 0.1) is 0 Å². The molecule has 1 N–H and O–H groups in total. The van der Waals surface area contributed by atoms with Crippen LogP contribution >= 0.6 is 0 Å². The predicted octanol–water partition coefficient (Wildman–Crippen LogP) is 2.33. The molecule has 0 aromatic heterocycles. The summed E-state index contributed by atoms with van der Waals surface area (Å²) in [5.74, 6) is -0.395. The maximum absolute atomic E-state index is 11.8. The molecule has 0 heterocycles. The quantitative estimate of drug-likeness (QED) is 0.857. The van der Waals surface area contributed by atoms with Crippen molar-refractivity contribution in [2.75, 3.05) is 7.11 Å². The van der Waals surface area contributed by atoms with E-state index in [1.807, 2.05) is 30.3 Å². The number of amides is 1. The number of hydrogen-bond acceptors (Lipinski definition) is 3. The van der Waals surface area contributed by atoms with E-state index in [1.165, 1.54) is 7.11 Å². The van der Waals surface area contributed by atoms with Gasteiger partial charge in [-0.25, -0.2) is 4.79 Å². The lowest BCUT2D eigenvalue weighted by Crippen LogP contribution is -2.24. The highest BCUT2D eigenvalue weighted by Crippen LogP contribution is 2.06. The fourth-order valence-corrected chi connectivity index (χ4v) is 1.92. The highest BCUT2D eigenvalue weighted by Gasteiger charge is 2.06. The minimum atomic E-state index is -0.366. The van der Waals surface area contributed by atoms with Gasteiger partial charge in [0.05, 0.1) is 19.1 Å². The molecule has 0 radical (unpaired) electrons. The Balaban J connectivity index is 1.85. The molecule has 4 nitrogen and oxygen atoms in total. The van der Waals surface area contributed by atoms with Crippen LogP contribution in [0.25, 0.3) is 0 Å². The molecule has 4 heteroatoms. The molecule has 0 saturated heterocycles. The molecule has 0 aliphatic carbocycles. The number of esters is 1. The number of hydrogen-bond donors (Lipinski definition) is 1. The summed E-state index contributed by atoms with van der Waals surface area (Å²) in [6, 6.07) is 16.6. The number of rotatable bonds is 5. The van der Waals surface area contributed by atoms with Crippen LogP contribution < -0.4 is 5.32 Å². The summed E-state index contributed by atoms with van der Waals surface area (Å²) in [6.07, 6.45) is 0.362. The van der Waals surface area contributed by atoms with Gasteiger partial charge >= 0.3 is 5.97 Å². The lowest BCUT2D eigenvalue weighted by atomic mass is 10.1. The van der Waals surface area contributed by atoms with Crippen molar-refractivity contribution in [1.29, 1.82) is 0 Å². The lowest BCUT2D eigenvalue weighted by molar-refractivity contribution is -0.120. The summed E-state index contributed by atoms with van der Waals surface area (Å²) in [4.78, 5) is 23.1. The molecule has 0 atom stereocenters. The highest BCUT2D eigenvalue weighted by molar-refractivity contribution is 5.89. The van der Waals surface area contributed by atoms with E-state index in [1.54, 1.807) is 24.3 Å². The third-order valence-corrected chi connectivity index (χ3v) is 3.07. The molecule has 0 unspecified atom stereocenters. The predicted molar refractivity (Wildman–Crippen MR) is 79.8 cm³/mol. The van der Waals surface area contributed by atoms with E-state index in [2.05, 4.69) is 10.1 Å². The second-order valence-electron chi connectivity index (χ2n) is 4.63. The van der Waals surface area contributed by atoms with Crippen LogP contribution in [-0.2, 0) is 22.5 Å². The minimum absolute atomic E-state index is 0.0294. The topological polar surface area (TPSA) is 55.4 Å². The molecular formula is C17H17NO3.